The van der Waals surface area contributed by atoms with Crippen molar-refractivity contribution in [3.63, 3.8) is 0 Å². The molecule has 0 aromatic heterocycles. The van der Waals surface area contributed by atoms with Crippen molar-refractivity contribution in [3.05, 3.63) is 35.4 Å². The highest BCUT2D eigenvalue weighted by molar-refractivity contribution is 5.23. The fourth-order valence-electron chi connectivity index (χ4n) is 2.95. The summed E-state index contributed by atoms with van der Waals surface area (Å²) in [6.07, 6.45) is 8.65. The molecule has 0 saturated heterocycles. The predicted molar refractivity (Wildman–Crippen MR) is 78.8 cm³/mol. The summed E-state index contributed by atoms with van der Waals surface area (Å²) < 4.78 is 0. The Morgan fingerprint density at radius 3 is 2.44 bits per heavy atom. The first-order valence-electron chi connectivity index (χ1n) is 7.55. The van der Waals surface area contributed by atoms with E-state index in [0.29, 0.717) is 6.04 Å². The van der Waals surface area contributed by atoms with E-state index in [1.165, 1.54) is 56.2 Å². The van der Waals surface area contributed by atoms with Gasteiger partial charge in [0.2, 0.25) is 0 Å². The van der Waals surface area contributed by atoms with Crippen molar-refractivity contribution in [1.82, 2.24) is 5.32 Å². The van der Waals surface area contributed by atoms with Gasteiger partial charge in [-0.1, -0.05) is 61.9 Å². The summed E-state index contributed by atoms with van der Waals surface area (Å²) in [5, 5.41) is 3.67. The predicted octanol–water partition coefficient (Wildman–Crippen LogP) is 4.62. The van der Waals surface area contributed by atoms with Gasteiger partial charge in [0.25, 0.3) is 0 Å². The van der Waals surface area contributed by atoms with Gasteiger partial charge in [-0.3, -0.25) is 0 Å². The zero-order chi connectivity index (χ0) is 12.8. The molecule has 0 amide bonds. The lowest BCUT2D eigenvalue weighted by Crippen LogP contribution is -2.22. The van der Waals surface area contributed by atoms with Crippen molar-refractivity contribution in [2.24, 2.45) is 5.92 Å². The van der Waals surface area contributed by atoms with Crippen molar-refractivity contribution in [3.8, 4) is 0 Å². The van der Waals surface area contributed by atoms with Crippen LogP contribution in [-0.4, -0.2) is 6.54 Å². The molecule has 1 atom stereocenters. The lowest BCUT2D eigenvalue weighted by atomic mass is 9.87. The van der Waals surface area contributed by atoms with Gasteiger partial charge in [0.1, 0.15) is 0 Å². The zero-order valence-electron chi connectivity index (χ0n) is 11.9. The van der Waals surface area contributed by atoms with E-state index < -0.39 is 0 Å². The van der Waals surface area contributed by atoms with Crippen LogP contribution in [0.2, 0.25) is 0 Å². The van der Waals surface area contributed by atoms with Crippen LogP contribution in [0, 0.1) is 12.8 Å². The van der Waals surface area contributed by atoms with E-state index in [2.05, 4.69) is 43.4 Å². The fourth-order valence-corrected chi connectivity index (χ4v) is 2.95. The minimum Gasteiger partial charge on any atom is -0.310 e. The Hall–Kier alpha value is -0.820. The van der Waals surface area contributed by atoms with Crippen LogP contribution >= 0.6 is 0 Å². The van der Waals surface area contributed by atoms with E-state index in [9.17, 15) is 0 Å². The van der Waals surface area contributed by atoms with Gasteiger partial charge < -0.3 is 5.32 Å². The molecular formula is C17H27N. The monoisotopic (exact) mass is 245 g/mol. The maximum absolute atomic E-state index is 3.67. The van der Waals surface area contributed by atoms with Crippen molar-refractivity contribution >= 4 is 0 Å². The van der Waals surface area contributed by atoms with Crippen LogP contribution in [0.4, 0.5) is 0 Å². The Morgan fingerprint density at radius 2 is 1.78 bits per heavy atom. The molecule has 2 rings (SSSR count). The highest BCUT2D eigenvalue weighted by Crippen LogP contribution is 2.26. The molecule has 1 fully saturated rings. The first-order valence-corrected chi connectivity index (χ1v) is 7.55. The summed E-state index contributed by atoms with van der Waals surface area (Å²) in [6.45, 7) is 5.58. The molecule has 1 aromatic carbocycles. The van der Waals surface area contributed by atoms with Gasteiger partial charge in [-0.25, -0.2) is 0 Å². The van der Waals surface area contributed by atoms with Crippen molar-refractivity contribution in [2.75, 3.05) is 6.54 Å². The molecule has 100 valence electrons. The molecule has 0 spiro atoms. The summed E-state index contributed by atoms with van der Waals surface area (Å²) in [5.41, 5.74) is 2.75. The minimum absolute atomic E-state index is 0.481. The Labute approximate surface area is 112 Å². The highest BCUT2D eigenvalue weighted by Gasteiger charge is 2.13. The van der Waals surface area contributed by atoms with Gasteiger partial charge in [-0.15, -0.1) is 0 Å². The first kappa shape index (κ1) is 13.6. The van der Waals surface area contributed by atoms with Gasteiger partial charge >= 0.3 is 0 Å². The number of benzene rings is 1. The third-order valence-electron chi connectivity index (χ3n) is 4.31. The topological polar surface area (TPSA) is 12.0 Å². The average Bonchev–Trinajstić information content (AvgIpc) is 2.40. The Bertz CT molecular complexity index is 335. The van der Waals surface area contributed by atoms with E-state index in [-0.39, 0.29) is 0 Å². The Morgan fingerprint density at radius 1 is 1.11 bits per heavy atom. The molecule has 1 aromatic rings. The van der Waals surface area contributed by atoms with Crippen LogP contribution in [0.5, 0.6) is 0 Å². The molecule has 0 bridgehead atoms. The number of nitrogens with one attached hydrogen (secondary N) is 1. The maximum Gasteiger partial charge on any atom is 0.0291 e. The molecule has 0 radical (unpaired) electrons. The summed E-state index contributed by atoms with van der Waals surface area (Å²) in [5.74, 6) is 0.983. The second-order valence-corrected chi connectivity index (χ2v) is 5.88. The summed E-state index contributed by atoms with van der Waals surface area (Å²) in [7, 11) is 0. The summed E-state index contributed by atoms with van der Waals surface area (Å²) >= 11 is 0. The van der Waals surface area contributed by atoms with Crippen molar-refractivity contribution in [2.45, 2.75) is 58.4 Å². The van der Waals surface area contributed by atoms with Crippen LogP contribution < -0.4 is 5.32 Å². The highest BCUT2D eigenvalue weighted by atomic mass is 14.9. The van der Waals surface area contributed by atoms with Gasteiger partial charge in [0.05, 0.1) is 0 Å². The maximum atomic E-state index is 3.67. The van der Waals surface area contributed by atoms with Crippen molar-refractivity contribution in [1.29, 1.82) is 0 Å². The Kier molecular flexibility index (Phi) is 5.25. The second-order valence-electron chi connectivity index (χ2n) is 5.88. The summed E-state index contributed by atoms with van der Waals surface area (Å²) in [4.78, 5) is 0. The van der Waals surface area contributed by atoms with Crippen LogP contribution in [-0.2, 0) is 0 Å². The molecule has 1 N–H and O–H groups in total. The van der Waals surface area contributed by atoms with Crippen molar-refractivity contribution < 1.29 is 0 Å². The van der Waals surface area contributed by atoms with E-state index in [1.807, 2.05) is 0 Å². The van der Waals surface area contributed by atoms with Gasteiger partial charge in [-0.2, -0.15) is 0 Å². The van der Waals surface area contributed by atoms with Gasteiger partial charge in [0.15, 0.2) is 0 Å². The fraction of sp³-hybridized carbons (Fsp3) is 0.647. The molecule has 18 heavy (non-hydrogen) atoms. The van der Waals surface area contributed by atoms with E-state index in [4.69, 9.17) is 0 Å². The van der Waals surface area contributed by atoms with Crippen LogP contribution in [0.1, 0.15) is 62.6 Å². The number of rotatable bonds is 5. The normalized spacial score (nSPS) is 18.8. The molecule has 0 heterocycles. The molecule has 1 aliphatic carbocycles. The third kappa shape index (κ3) is 4.13. The zero-order valence-corrected chi connectivity index (χ0v) is 11.9. The van der Waals surface area contributed by atoms with Gasteiger partial charge in [0, 0.05) is 6.04 Å². The lowest BCUT2D eigenvalue weighted by molar-refractivity contribution is 0.329. The smallest absolute Gasteiger partial charge is 0.0291 e. The number of aryl methyl sites for hydroxylation is 1. The van der Waals surface area contributed by atoms with Crippen LogP contribution in [0.25, 0.3) is 0 Å². The van der Waals surface area contributed by atoms with E-state index in [1.54, 1.807) is 0 Å². The SMILES string of the molecule is Cc1ccc([C@H](C)NCCC2CCCCC2)cc1. The minimum atomic E-state index is 0.481. The third-order valence-corrected chi connectivity index (χ3v) is 4.31. The molecule has 1 nitrogen and oxygen atoms in total. The molecule has 1 aliphatic rings. The molecule has 1 heteroatoms. The Balaban J connectivity index is 1.70. The molecule has 1 saturated carbocycles. The largest absolute Gasteiger partial charge is 0.310 e. The van der Waals surface area contributed by atoms with Gasteiger partial charge in [-0.05, 0) is 38.3 Å². The average molecular weight is 245 g/mol. The first-order chi connectivity index (χ1) is 8.75. The van der Waals surface area contributed by atoms with E-state index >= 15 is 0 Å². The molecule has 0 unspecified atom stereocenters. The van der Waals surface area contributed by atoms with Crippen LogP contribution in [0.15, 0.2) is 24.3 Å². The number of hydrogen-bond acceptors (Lipinski definition) is 1. The van der Waals surface area contributed by atoms with E-state index in [0.717, 1.165) is 5.92 Å². The summed E-state index contributed by atoms with van der Waals surface area (Å²) in [6, 6.07) is 9.37. The van der Waals surface area contributed by atoms with Crippen LogP contribution in [0.3, 0.4) is 0 Å². The lowest BCUT2D eigenvalue weighted by Gasteiger charge is -2.22. The molecule has 0 aliphatic heterocycles. The number of hydrogen-bond donors (Lipinski definition) is 1. The standard InChI is InChI=1S/C17H27N/c1-14-8-10-17(11-9-14)15(2)18-13-12-16-6-4-3-5-7-16/h8-11,15-16,18H,3-7,12-13H2,1-2H3/t15-/m0/s1. The second kappa shape index (κ2) is 6.94. The quantitative estimate of drug-likeness (QED) is 0.798. The molecular weight excluding hydrogens is 218 g/mol.